The second-order valence-corrected chi connectivity index (χ2v) is 9.36. The Morgan fingerprint density at radius 3 is 2.91 bits per heavy atom. The number of hydrogen-bond acceptors (Lipinski definition) is 6. The quantitative estimate of drug-likeness (QED) is 0.840. The number of sulfone groups is 1. The molecule has 3 unspecified atom stereocenters. The van der Waals surface area contributed by atoms with Crippen molar-refractivity contribution in [2.24, 2.45) is 17.8 Å². The summed E-state index contributed by atoms with van der Waals surface area (Å²) in [5.74, 6) is 1.19. The van der Waals surface area contributed by atoms with Gasteiger partial charge in [-0.1, -0.05) is 18.3 Å². The van der Waals surface area contributed by atoms with Gasteiger partial charge in [-0.3, -0.25) is 9.59 Å². The van der Waals surface area contributed by atoms with Crippen molar-refractivity contribution in [2.75, 3.05) is 12.3 Å². The lowest BCUT2D eigenvalue weighted by molar-refractivity contribution is -0.121. The Morgan fingerprint density at radius 1 is 1.50 bits per heavy atom. The van der Waals surface area contributed by atoms with E-state index >= 15 is 0 Å². The molecule has 0 radical (unpaired) electrons. The number of Topliss-reactive ketones (excluding diaryl/α,β-unsaturated/α-hetero) is 1. The van der Waals surface area contributed by atoms with Crippen LogP contribution in [0.5, 0.6) is 0 Å². The van der Waals surface area contributed by atoms with Gasteiger partial charge in [-0.25, -0.2) is 13.4 Å². The van der Waals surface area contributed by atoms with Crippen molar-refractivity contribution in [3.05, 3.63) is 11.1 Å². The molecule has 2 aliphatic carbocycles. The number of thiazole rings is 1. The molecule has 1 heterocycles. The molecule has 0 aromatic carbocycles. The Labute approximate surface area is 133 Å². The van der Waals surface area contributed by atoms with Crippen LogP contribution in [0.3, 0.4) is 0 Å². The van der Waals surface area contributed by atoms with Gasteiger partial charge in [0.05, 0.1) is 11.9 Å². The maximum absolute atomic E-state index is 12.0. The minimum Gasteiger partial charge on any atom is -0.351 e. The van der Waals surface area contributed by atoms with Crippen molar-refractivity contribution in [1.29, 1.82) is 0 Å². The maximum Gasteiger partial charge on any atom is 0.263 e. The molecule has 1 aromatic rings. The molecule has 1 amide bonds. The summed E-state index contributed by atoms with van der Waals surface area (Å²) in [6.45, 7) is 1.98. The number of fused-ring (bicyclic) bond motifs is 1. The topological polar surface area (TPSA) is 93.2 Å². The fourth-order valence-corrected chi connectivity index (χ4v) is 5.24. The van der Waals surface area contributed by atoms with E-state index in [4.69, 9.17) is 0 Å². The maximum atomic E-state index is 12.0. The first-order valence-corrected chi connectivity index (χ1v) is 9.88. The van der Waals surface area contributed by atoms with E-state index in [0.29, 0.717) is 37.0 Å². The molecule has 3 atom stereocenters. The van der Waals surface area contributed by atoms with E-state index < -0.39 is 9.84 Å². The molecule has 22 heavy (non-hydrogen) atoms. The molecule has 0 bridgehead atoms. The summed E-state index contributed by atoms with van der Waals surface area (Å²) in [7, 11) is -3.37. The van der Waals surface area contributed by atoms with Gasteiger partial charge in [-0.05, 0) is 24.7 Å². The van der Waals surface area contributed by atoms with Crippen LogP contribution in [0, 0.1) is 17.8 Å². The van der Waals surface area contributed by atoms with Crippen molar-refractivity contribution in [1.82, 2.24) is 10.3 Å². The smallest absolute Gasteiger partial charge is 0.263 e. The Bertz CT molecular complexity index is 710. The molecule has 2 saturated carbocycles. The normalized spacial score (nSPS) is 26.8. The third-order valence-corrected chi connectivity index (χ3v) is 7.67. The average molecular weight is 342 g/mol. The van der Waals surface area contributed by atoms with Gasteiger partial charge in [0.1, 0.15) is 10.7 Å². The molecule has 0 saturated heterocycles. The predicted octanol–water partition coefficient (Wildman–Crippen LogP) is 1.28. The molecule has 2 aliphatic rings. The molecule has 2 fully saturated rings. The minimum absolute atomic E-state index is 0.0213. The van der Waals surface area contributed by atoms with Gasteiger partial charge in [0, 0.05) is 18.9 Å². The van der Waals surface area contributed by atoms with Crippen LogP contribution >= 0.6 is 11.3 Å². The van der Waals surface area contributed by atoms with Gasteiger partial charge in [0.15, 0.2) is 0 Å². The summed E-state index contributed by atoms with van der Waals surface area (Å²) in [5.41, 5.74) is 0. The Kier molecular flexibility index (Phi) is 4.07. The number of nitrogens with zero attached hydrogens (tertiary/aromatic N) is 1. The van der Waals surface area contributed by atoms with Crippen LogP contribution in [0.25, 0.3) is 0 Å². The van der Waals surface area contributed by atoms with Crippen molar-refractivity contribution < 1.29 is 18.0 Å². The fraction of sp³-hybridized carbons (Fsp3) is 0.643. The number of rotatable bonds is 6. The number of amides is 1. The number of nitrogens with one attached hydrogen (secondary N) is 1. The summed E-state index contributed by atoms with van der Waals surface area (Å²) in [5, 5.41) is 2.75. The van der Waals surface area contributed by atoms with Crippen molar-refractivity contribution in [3.8, 4) is 0 Å². The number of aromatic nitrogens is 1. The molecule has 0 spiro atoms. The van der Waals surface area contributed by atoms with Gasteiger partial charge in [-0.15, -0.1) is 0 Å². The molecule has 3 rings (SSSR count). The molecule has 120 valence electrons. The zero-order valence-electron chi connectivity index (χ0n) is 12.2. The van der Waals surface area contributed by atoms with Crippen molar-refractivity contribution >= 4 is 32.9 Å². The Morgan fingerprint density at radius 2 is 2.27 bits per heavy atom. The van der Waals surface area contributed by atoms with Gasteiger partial charge < -0.3 is 5.32 Å². The van der Waals surface area contributed by atoms with E-state index in [0.717, 1.165) is 17.8 Å². The largest absolute Gasteiger partial charge is 0.351 e. The number of carbonyl (C=O) groups excluding carboxylic acids is 2. The second kappa shape index (κ2) is 5.73. The molecular formula is C14H18N2O4S2. The van der Waals surface area contributed by atoms with Crippen LogP contribution in [0.4, 0.5) is 0 Å². The fourth-order valence-electron chi connectivity index (χ4n) is 3.08. The summed E-state index contributed by atoms with van der Waals surface area (Å²) in [6, 6.07) is 0. The zero-order chi connectivity index (χ0) is 15.9. The van der Waals surface area contributed by atoms with E-state index in [9.17, 15) is 18.0 Å². The van der Waals surface area contributed by atoms with E-state index in [1.54, 1.807) is 6.92 Å². The van der Waals surface area contributed by atoms with E-state index in [2.05, 4.69) is 10.3 Å². The molecule has 1 aromatic heterocycles. The second-order valence-electron chi connectivity index (χ2n) is 5.87. The summed E-state index contributed by atoms with van der Waals surface area (Å²) in [6.07, 6.45) is 3.82. The average Bonchev–Trinajstić information content (AvgIpc) is 2.94. The highest BCUT2D eigenvalue weighted by Gasteiger charge is 2.52. The van der Waals surface area contributed by atoms with Gasteiger partial charge in [0.2, 0.25) is 14.2 Å². The van der Waals surface area contributed by atoms with Gasteiger partial charge in [-0.2, -0.15) is 0 Å². The third kappa shape index (κ3) is 2.94. The van der Waals surface area contributed by atoms with Gasteiger partial charge >= 0.3 is 0 Å². The number of carbonyl (C=O) groups is 2. The highest BCUT2D eigenvalue weighted by molar-refractivity contribution is 7.93. The molecule has 0 aliphatic heterocycles. The highest BCUT2D eigenvalue weighted by Crippen LogP contribution is 2.54. The first-order valence-electron chi connectivity index (χ1n) is 7.42. The lowest BCUT2D eigenvalue weighted by Gasteiger charge is -2.10. The molecule has 1 N–H and O–H groups in total. The minimum atomic E-state index is -3.37. The Balaban J connectivity index is 1.53. The Hall–Kier alpha value is -1.28. The first kappa shape index (κ1) is 15.6. The van der Waals surface area contributed by atoms with Crippen molar-refractivity contribution in [3.63, 3.8) is 0 Å². The number of ketones is 1. The van der Waals surface area contributed by atoms with Crippen LogP contribution in [-0.4, -0.2) is 37.4 Å². The lowest BCUT2D eigenvalue weighted by atomic mass is 9.98. The van der Waals surface area contributed by atoms with Crippen LogP contribution < -0.4 is 5.32 Å². The molecule has 8 heteroatoms. The van der Waals surface area contributed by atoms with E-state index in [1.165, 1.54) is 6.20 Å². The molecular weight excluding hydrogens is 324 g/mol. The lowest BCUT2D eigenvalue weighted by Crippen LogP contribution is -2.26. The van der Waals surface area contributed by atoms with Crippen LogP contribution in [0.1, 0.15) is 35.9 Å². The van der Waals surface area contributed by atoms with E-state index in [1.807, 2.05) is 0 Å². The molecule has 6 nitrogen and oxygen atoms in total. The monoisotopic (exact) mass is 342 g/mol. The third-order valence-electron chi connectivity index (χ3n) is 4.47. The zero-order valence-corrected chi connectivity index (χ0v) is 13.9. The van der Waals surface area contributed by atoms with Crippen molar-refractivity contribution in [2.45, 2.75) is 30.5 Å². The summed E-state index contributed by atoms with van der Waals surface area (Å²) >= 11 is 0.886. The highest BCUT2D eigenvalue weighted by atomic mass is 32.2. The SMILES string of the molecule is CCS(=O)(=O)c1ncc(C(=O)NCCC2C(=O)CC3CC32)s1. The standard InChI is InChI=1S/C14H18N2O4S2/c1-2-22(19,20)14-16-7-12(21-14)13(18)15-4-3-9-10-5-8(10)6-11(9)17/h7-10H,2-6H2,1H3,(H,15,18). The van der Waals surface area contributed by atoms with E-state index in [-0.39, 0.29) is 26.8 Å². The summed E-state index contributed by atoms with van der Waals surface area (Å²) < 4.78 is 23.3. The first-order chi connectivity index (χ1) is 10.4. The van der Waals surface area contributed by atoms with Crippen LogP contribution in [0.15, 0.2) is 10.5 Å². The van der Waals surface area contributed by atoms with Crippen LogP contribution in [-0.2, 0) is 14.6 Å². The summed E-state index contributed by atoms with van der Waals surface area (Å²) in [4.78, 5) is 27.8. The van der Waals surface area contributed by atoms with Crippen LogP contribution in [0.2, 0.25) is 0 Å². The van der Waals surface area contributed by atoms with Gasteiger partial charge in [0.25, 0.3) is 5.91 Å². The predicted molar refractivity (Wildman–Crippen MR) is 81.5 cm³/mol. The number of hydrogen-bond donors (Lipinski definition) is 1.